The second-order valence-electron chi connectivity index (χ2n) is 6.82. The first-order chi connectivity index (χ1) is 15.4. The van der Waals surface area contributed by atoms with Gasteiger partial charge in [0.2, 0.25) is 0 Å². The van der Waals surface area contributed by atoms with E-state index < -0.39 is 4.92 Å². The summed E-state index contributed by atoms with van der Waals surface area (Å²) >= 11 is 3.43. The number of nitro groups is 1. The smallest absolute Gasteiger partial charge is 0.269 e. The van der Waals surface area contributed by atoms with Crippen LogP contribution >= 0.6 is 15.9 Å². The first-order valence-electron chi connectivity index (χ1n) is 9.52. The molecule has 0 aliphatic carbocycles. The number of amides is 1. The highest BCUT2D eigenvalue weighted by Crippen LogP contribution is 2.28. The minimum Gasteiger partial charge on any atom is -0.483 e. The van der Waals surface area contributed by atoms with Gasteiger partial charge in [0.1, 0.15) is 5.75 Å². The zero-order chi connectivity index (χ0) is 23.1. The van der Waals surface area contributed by atoms with E-state index in [4.69, 9.17) is 4.74 Å². The molecule has 0 aliphatic heterocycles. The van der Waals surface area contributed by atoms with Crippen LogP contribution in [0.25, 0.3) is 11.6 Å². The molecule has 8 heteroatoms. The molecule has 3 rings (SSSR count). The normalized spacial score (nSPS) is 10.8. The average Bonchev–Trinajstić information content (AvgIpc) is 2.78. The number of nitriles is 1. The third-order valence-electron chi connectivity index (χ3n) is 4.55. The Bertz CT molecular complexity index is 1230. The summed E-state index contributed by atoms with van der Waals surface area (Å²) < 4.78 is 6.23. The van der Waals surface area contributed by atoms with Gasteiger partial charge in [-0.3, -0.25) is 14.9 Å². The summed E-state index contributed by atoms with van der Waals surface area (Å²) in [5, 5.41) is 23.1. The minimum atomic E-state index is -0.489. The Kier molecular flexibility index (Phi) is 7.37. The lowest BCUT2D eigenvalue weighted by Gasteiger charge is -2.11. The van der Waals surface area contributed by atoms with Gasteiger partial charge in [-0.25, -0.2) is 0 Å². The Hall–Kier alpha value is -3.96. The molecular weight excluding hydrogens is 474 g/mol. The fourth-order valence-corrected chi connectivity index (χ4v) is 3.39. The maximum Gasteiger partial charge on any atom is 0.269 e. The molecule has 0 saturated heterocycles. The van der Waals surface area contributed by atoms with Gasteiger partial charge >= 0.3 is 0 Å². The number of benzene rings is 3. The molecule has 0 saturated carbocycles. The van der Waals surface area contributed by atoms with E-state index in [1.54, 1.807) is 24.3 Å². The quantitative estimate of drug-likeness (QED) is 0.196. The second kappa shape index (κ2) is 10.4. The van der Waals surface area contributed by atoms with Gasteiger partial charge in [-0.05, 0) is 76.0 Å². The zero-order valence-corrected chi connectivity index (χ0v) is 18.6. The van der Waals surface area contributed by atoms with Gasteiger partial charge in [0, 0.05) is 17.8 Å². The van der Waals surface area contributed by atoms with E-state index in [0.717, 1.165) is 16.8 Å². The van der Waals surface area contributed by atoms with Crippen molar-refractivity contribution in [2.75, 3.05) is 11.9 Å². The number of halogens is 1. The number of rotatable bonds is 7. The molecular formula is C24H18BrN3O4. The molecule has 32 heavy (non-hydrogen) atoms. The van der Waals surface area contributed by atoms with Gasteiger partial charge in [0.15, 0.2) is 6.61 Å². The van der Waals surface area contributed by atoms with Gasteiger partial charge in [-0.1, -0.05) is 24.3 Å². The van der Waals surface area contributed by atoms with Crippen LogP contribution in [0.15, 0.2) is 71.2 Å². The minimum absolute atomic E-state index is 0.0400. The monoisotopic (exact) mass is 491 g/mol. The van der Waals surface area contributed by atoms with Crippen LogP contribution in [0, 0.1) is 28.4 Å². The summed E-state index contributed by atoms with van der Waals surface area (Å²) in [6, 6.07) is 20.6. The van der Waals surface area contributed by atoms with E-state index in [1.165, 1.54) is 24.3 Å². The Morgan fingerprint density at radius 1 is 1.19 bits per heavy atom. The molecule has 1 amide bonds. The highest BCUT2D eigenvalue weighted by atomic mass is 79.9. The lowest BCUT2D eigenvalue weighted by molar-refractivity contribution is -0.384. The zero-order valence-electron chi connectivity index (χ0n) is 17.0. The summed E-state index contributed by atoms with van der Waals surface area (Å²) in [5.41, 5.74) is 3.31. The number of carbonyl (C=O) groups is 1. The SMILES string of the molecule is Cc1ccccc1NC(=O)COc1ccc(/C=C(\C#N)c2ccc([N+](=O)[O-])cc2)cc1Br. The maximum atomic E-state index is 12.2. The average molecular weight is 492 g/mol. The number of hydrogen-bond acceptors (Lipinski definition) is 5. The van der Waals surface area contributed by atoms with E-state index in [2.05, 4.69) is 27.3 Å². The van der Waals surface area contributed by atoms with Crippen molar-refractivity contribution in [1.29, 1.82) is 5.26 Å². The third-order valence-corrected chi connectivity index (χ3v) is 5.17. The van der Waals surface area contributed by atoms with E-state index in [9.17, 15) is 20.2 Å². The Morgan fingerprint density at radius 2 is 1.91 bits per heavy atom. The number of allylic oxidation sites excluding steroid dienone is 1. The standard InChI is InChI=1S/C24H18BrN3O4/c1-16-4-2-3-5-22(16)27-24(29)15-32-23-11-6-17(13-21(23)25)12-19(14-26)18-7-9-20(10-8-18)28(30)31/h2-13H,15H2,1H3,(H,27,29)/b19-12+. The fraction of sp³-hybridized carbons (Fsp3) is 0.0833. The van der Waals surface area contributed by atoms with Crippen molar-refractivity contribution >= 4 is 44.9 Å². The number of nitro benzene ring substituents is 1. The molecule has 0 radical (unpaired) electrons. The van der Waals surface area contributed by atoms with E-state index >= 15 is 0 Å². The number of nitrogens with zero attached hydrogens (tertiary/aromatic N) is 2. The summed E-state index contributed by atoms with van der Waals surface area (Å²) in [4.78, 5) is 22.5. The summed E-state index contributed by atoms with van der Waals surface area (Å²) in [7, 11) is 0. The Morgan fingerprint density at radius 3 is 2.53 bits per heavy atom. The van der Waals surface area contributed by atoms with E-state index in [0.29, 0.717) is 21.4 Å². The van der Waals surface area contributed by atoms with Crippen molar-refractivity contribution in [2.45, 2.75) is 6.92 Å². The molecule has 0 heterocycles. The molecule has 0 bridgehead atoms. The molecule has 3 aromatic carbocycles. The van der Waals surface area contributed by atoms with Crippen molar-refractivity contribution in [2.24, 2.45) is 0 Å². The lowest BCUT2D eigenvalue weighted by atomic mass is 10.0. The number of non-ortho nitro benzene ring substituents is 1. The maximum absolute atomic E-state index is 12.2. The van der Waals surface area contributed by atoms with Crippen LogP contribution in [0.1, 0.15) is 16.7 Å². The van der Waals surface area contributed by atoms with Crippen molar-refractivity contribution < 1.29 is 14.5 Å². The first-order valence-corrected chi connectivity index (χ1v) is 10.3. The van der Waals surface area contributed by atoms with E-state index in [1.807, 2.05) is 31.2 Å². The molecule has 160 valence electrons. The van der Waals surface area contributed by atoms with Gasteiger partial charge in [0.05, 0.1) is 21.0 Å². The number of para-hydroxylation sites is 1. The number of ether oxygens (including phenoxy) is 1. The number of carbonyl (C=O) groups excluding carboxylic acids is 1. The van der Waals surface area contributed by atoms with Gasteiger partial charge in [-0.2, -0.15) is 5.26 Å². The fourth-order valence-electron chi connectivity index (χ4n) is 2.88. The summed E-state index contributed by atoms with van der Waals surface area (Å²) in [6.07, 6.45) is 1.67. The molecule has 7 nitrogen and oxygen atoms in total. The Labute approximate surface area is 193 Å². The number of nitrogens with one attached hydrogen (secondary N) is 1. The van der Waals surface area contributed by atoms with Crippen LogP contribution < -0.4 is 10.1 Å². The molecule has 0 aromatic heterocycles. The molecule has 0 aliphatic rings. The summed E-state index contributed by atoms with van der Waals surface area (Å²) in [5.74, 6) is 0.205. The topological polar surface area (TPSA) is 105 Å². The van der Waals surface area contributed by atoms with Crippen LogP contribution in [0.4, 0.5) is 11.4 Å². The predicted molar refractivity (Wildman–Crippen MR) is 126 cm³/mol. The van der Waals surface area contributed by atoms with Crippen molar-refractivity contribution in [3.63, 3.8) is 0 Å². The van der Waals surface area contributed by atoms with Crippen LogP contribution in [0.2, 0.25) is 0 Å². The molecule has 0 spiro atoms. The van der Waals surface area contributed by atoms with Crippen LogP contribution in [0.5, 0.6) is 5.75 Å². The van der Waals surface area contributed by atoms with Crippen molar-refractivity contribution in [1.82, 2.24) is 0 Å². The number of hydrogen-bond donors (Lipinski definition) is 1. The largest absolute Gasteiger partial charge is 0.483 e. The molecule has 0 unspecified atom stereocenters. The van der Waals surface area contributed by atoms with E-state index in [-0.39, 0.29) is 18.2 Å². The molecule has 3 aromatic rings. The van der Waals surface area contributed by atoms with Gasteiger partial charge < -0.3 is 10.1 Å². The van der Waals surface area contributed by atoms with Gasteiger partial charge in [0.25, 0.3) is 11.6 Å². The second-order valence-corrected chi connectivity index (χ2v) is 7.67. The molecule has 1 N–H and O–H groups in total. The summed E-state index contributed by atoms with van der Waals surface area (Å²) in [6.45, 7) is 1.75. The van der Waals surface area contributed by atoms with Gasteiger partial charge in [-0.15, -0.1) is 0 Å². The van der Waals surface area contributed by atoms with Crippen LogP contribution in [0.3, 0.4) is 0 Å². The third kappa shape index (κ3) is 5.80. The first kappa shape index (κ1) is 22.7. The van der Waals surface area contributed by atoms with Crippen molar-refractivity contribution in [3.05, 3.63) is 98.0 Å². The Balaban J connectivity index is 1.68. The highest BCUT2D eigenvalue weighted by molar-refractivity contribution is 9.10. The lowest BCUT2D eigenvalue weighted by Crippen LogP contribution is -2.20. The molecule has 0 fully saturated rings. The number of anilines is 1. The molecule has 0 atom stereocenters. The van der Waals surface area contributed by atoms with Crippen molar-refractivity contribution in [3.8, 4) is 11.8 Å². The predicted octanol–water partition coefficient (Wildman–Crippen LogP) is 5.75. The highest BCUT2D eigenvalue weighted by Gasteiger charge is 2.10. The van der Waals surface area contributed by atoms with Crippen LogP contribution in [-0.2, 0) is 4.79 Å². The number of aryl methyl sites for hydroxylation is 1. The van der Waals surface area contributed by atoms with Crippen LogP contribution in [-0.4, -0.2) is 17.4 Å².